The van der Waals surface area contributed by atoms with E-state index in [0.29, 0.717) is 5.11 Å². The van der Waals surface area contributed by atoms with E-state index in [1.807, 2.05) is 24.3 Å². The molecule has 0 aliphatic carbocycles. The maximum atomic E-state index is 6.17. The lowest BCUT2D eigenvalue weighted by molar-refractivity contribution is 0.0339. The molecule has 1 unspecified atom stereocenters. The standard InChI is InChI=1S/C26H28Cl2N4OS/c27-21-5-1-18(2-6-21)15-20-16-32(10-9-31-11-13-33-14-12-31)17-23-24(29-26(34)30-25(20)23)19-3-7-22(28)8-4-19/h1-8,15,24H,9-14,16-17H2,(H2,29,30,34)/b20-15+. The predicted octanol–water partition coefficient (Wildman–Crippen LogP) is 4.50. The van der Waals surface area contributed by atoms with Crippen molar-refractivity contribution in [2.24, 2.45) is 0 Å². The predicted molar refractivity (Wildman–Crippen MR) is 143 cm³/mol. The van der Waals surface area contributed by atoms with Crippen molar-refractivity contribution in [3.05, 3.63) is 86.5 Å². The van der Waals surface area contributed by atoms with Crippen molar-refractivity contribution in [1.29, 1.82) is 0 Å². The van der Waals surface area contributed by atoms with Gasteiger partial charge < -0.3 is 15.4 Å². The van der Waals surface area contributed by atoms with Gasteiger partial charge in [0, 0.05) is 55.0 Å². The van der Waals surface area contributed by atoms with Crippen LogP contribution in [0.3, 0.4) is 0 Å². The second-order valence-corrected chi connectivity index (χ2v) is 10.2. The van der Waals surface area contributed by atoms with Crippen LogP contribution in [-0.4, -0.2) is 67.4 Å². The van der Waals surface area contributed by atoms with Crippen LogP contribution in [-0.2, 0) is 4.74 Å². The van der Waals surface area contributed by atoms with Gasteiger partial charge in [-0.25, -0.2) is 0 Å². The maximum absolute atomic E-state index is 6.17. The Kier molecular flexibility index (Phi) is 7.54. The highest BCUT2D eigenvalue weighted by molar-refractivity contribution is 7.80. The third kappa shape index (κ3) is 5.65. The molecule has 1 fully saturated rings. The van der Waals surface area contributed by atoms with Gasteiger partial charge >= 0.3 is 0 Å². The average Bonchev–Trinajstić information content (AvgIpc) is 2.85. The van der Waals surface area contributed by atoms with E-state index in [0.717, 1.165) is 79.4 Å². The summed E-state index contributed by atoms with van der Waals surface area (Å²) in [5.74, 6) is 0. The SMILES string of the molecule is S=C1NC2=C(CN(CCN3CCOCC3)C/C2=C\c2ccc(Cl)cc2)C(c2ccc(Cl)cc2)N1. The maximum Gasteiger partial charge on any atom is 0.171 e. The number of halogens is 2. The van der Waals surface area contributed by atoms with Gasteiger partial charge in [0.1, 0.15) is 0 Å². The minimum atomic E-state index is 0.000760. The van der Waals surface area contributed by atoms with Crippen molar-refractivity contribution in [2.45, 2.75) is 6.04 Å². The topological polar surface area (TPSA) is 39.8 Å². The van der Waals surface area contributed by atoms with Crippen molar-refractivity contribution >= 4 is 46.6 Å². The van der Waals surface area contributed by atoms with Crippen LogP contribution in [0.4, 0.5) is 0 Å². The molecule has 2 N–H and O–H groups in total. The molecule has 3 aliphatic heterocycles. The fourth-order valence-corrected chi connectivity index (χ4v) is 5.22. The summed E-state index contributed by atoms with van der Waals surface area (Å²) in [5, 5.41) is 9.06. The number of ether oxygens (including phenoxy) is 1. The van der Waals surface area contributed by atoms with Crippen LogP contribution in [0.5, 0.6) is 0 Å². The molecule has 3 aliphatic rings. The first kappa shape index (κ1) is 23.8. The van der Waals surface area contributed by atoms with Crippen molar-refractivity contribution in [2.75, 3.05) is 52.5 Å². The van der Waals surface area contributed by atoms with Gasteiger partial charge in [0.15, 0.2) is 5.11 Å². The second kappa shape index (κ2) is 10.8. The van der Waals surface area contributed by atoms with E-state index >= 15 is 0 Å². The number of hydrogen-bond donors (Lipinski definition) is 2. The average molecular weight is 516 g/mol. The van der Waals surface area contributed by atoms with Gasteiger partial charge in [-0.1, -0.05) is 47.5 Å². The summed E-state index contributed by atoms with van der Waals surface area (Å²) >= 11 is 17.9. The summed E-state index contributed by atoms with van der Waals surface area (Å²) < 4.78 is 5.52. The lowest BCUT2D eigenvalue weighted by Crippen LogP contribution is -2.51. The zero-order valence-electron chi connectivity index (χ0n) is 18.9. The first-order chi connectivity index (χ1) is 16.5. The van der Waals surface area contributed by atoms with Gasteiger partial charge in [-0.05, 0) is 64.8 Å². The number of nitrogens with one attached hydrogen (secondary N) is 2. The summed E-state index contributed by atoms with van der Waals surface area (Å²) in [5.41, 5.74) is 5.93. The van der Waals surface area contributed by atoms with Crippen LogP contribution >= 0.6 is 35.4 Å². The Hall–Kier alpha value is -1.93. The minimum absolute atomic E-state index is 0.000760. The van der Waals surface area contributed by atoms with Gasteiger partial charge in [0.05, 0.1) is 19.3 Å². The van der Waals surface area contributed by atoms with Crippen molar-refractivity contribution < 1.29 is 4.74 Å². The molecular weight excluding hydrogens is 487 g/mol. The van der Waals surface area contributed by atoms with Crippen LogP contribution < -0.4 is 10.6 Å². The molecule has 0 bridgehead atoms. The van der Waals surface area contributed by atoms with Crippen LogP contribution in [0, 0.1) is 0 Å². The zero-order chi connectivity index (χ0) is 23.5. The van der Waals surface area contributed by atoms with Gasteiger partial charge in [0.2, 0.25) is 0 Å². The number of hydrogen-bond acceptors (Lipinski definition) is 4. The molecule has 0 aromatic heterocycles. The highest BCUT2D eigenvalue weighted by atomic mass is 35.5. The summed E-state index contributed by atoms with van der Waals surface area (Å²) in [6.07, 6.45) is 2.24. The Morgan fingerprint density at radius 1 is 0.912 bits per heavy atom. The molecule has 1 atom stereocenters. The van der Waals surface area contributed by atoms with Crippen molar-refractivity contribution in [3.8, 4) is 0 Å². The molecule has 2 aromatic rings. The van der Waals surface area contributed by atoms with E-state index in [-0.39, 0.29) is 6.04 Å². The fraction of sp³-hybridized carbons (Fsp3) is 0.346. The lowest BCUT2D eigenvalue weighted by atomic mass is 9.89. The first-order valence-corrected chi connectivity index (χ1v) is 12.8. The lowest BCUT2D eigenvalue weighted by Gasteiger charge is -2.41. The molecule has 8 heteroatoms. The largest absolute Gasteiger partial charge is 0.379 e. The molecule has 2 aromatic carbocycles. The van der Waals surface area contributed by atoms with E-state index < -0.39 is 0 Å². The molecule has 1 saturated heterocycles. The van der Waals surface area contributed by atoms with Gasteiger partial charge in [-0.3, -0.25) is 9.80 Å². The normalized spacial score (nSPS) is 22.9. The monoisotopic (exact) mass is 514 g/mol. The van der Waals surface area contributed by atoms with Crippen LogP contribution in [0.2, 0.25) is 10.0 Å². The van der Waals surface area contributed by atoms with Crippen LogP contribution in [0.1, 0.15) is 17.2 Å². The third-order valence-electron chi connectivity index (χ3n) is 6.54. The quantitative estimate of drug-likeness (QED) is 0.572. The number of morpholine rings is 1. The number of rotatable bonds is 5. The molecule has 5 nitrogen and oxygen atoms in total. The highest BCUT2D eigenvalue weighted by Gasteiger charge is 2.33. The summed E-state index contributed by atoms with van der Waals surface area (Å²) in [6.45, 7) is 7.39. The van der Waals surface area contributed by atoms with Gasteiger partial charge in [0.25, 0.3) is 0 Å². The number of thiocarbonyl (C=S) groups is 1. The summed E-state index contributed by atoms with van der Waals surface area (Å²) in [6, 6.07) is 16.0. The van der Waals surface area contributed by atoms with Crippen molar-refractivity contribution in [1.82, 2.24) is 20.4 Å². The molecule has 0 amide bonds. The first-order valence-electron chi connectivity index (χ1n) is 11.6. The molecule has 5 rings (SSSR count). The molecule has 3 heterocycles. The highest BCUT2D eigenvalue weighted by Crippen LogP contribution is 2.34. The van der Waals surface area contributed by atoms with Gasteiger partial charge in [-0.15, -0.1) is 0 Å². The Bertz CT molecular complexity index is 1090. The zero-order valence-corrected chi connectivity index (χ0v) is 21.2. The second-order valence-electron chi connectivity index (χ2n) is 8.87. The Balaban J connectivity index is 1.47. The van der Waals surface area contributed by atoms with E-state index in [1.54, 1.807) is 0 Å². The third-order valence-corrected chi connectivity index (χ3v) is 7.27. The molecule has 0 radical (unpaired) electrons. The van der Waals surface area contributed by atoms with E-state index in [2.05, 4.69) is 50.8 Å². The molecule has 0 saturated carbocycles. The molecule has 34 heavy (non-hydrogen) atoms. The molecule has 0 spiro atoms. The van der Waals surface area contributed by atoms with E-state index in [1.165, 1.54) is 11.1 Å². The Labute approximate surface area is 216 Å². The van der Waals surface area contributed by atoms with E-state index in [4.69, 9.17) is 40.2 Å². The van der Waals surface area contributed by atoms with Crippen LogP contribution in [0.25, 0.3) is 6.08 Å². The van der Waals surface area contributed by atoms with Crippen molar-refractivity contribution in [3.63, 3.8) is 0 Å². The van der Waals surface area contributed by atoms with Crippen LogP contribution in [0.15, 0.2) is 65.4 Å². The van der Waals surface area contributed by atoms with E-state index in [9.17, 15) is 0 Å². The smallest absolute Gasteiger partial charge is 0.171 e. The Morgan fingerprint density at radius 2 is 1.56 bits per heavy atom. The number of nitrogens with zero attached hydrogens (tertiary/aromatic N) is 2. The molecular formula is C26H28Cl2N4OS. The summed E-state index contributed by atoms with van der Waals surface area (Å²) in [4.78, 5) is 5.01. The minimum Gasteiger partial charge on any atom is -0.379 e. The van der Waals surface area contributed by atoms with Gasteiger partial charge in [-0.2, -0.15) is 0 Å². The fourth-order valence-electron chi connectivity index (χ4n) is 4.75. The summed E-state index contributed by atoms with van der Waals surface area (Å²) in [7, 11) is 0. The Morgan fingerprint density at radius 3 is 2.26 bits per heavy atom. The molecule has 178 valence electrons. The number of benzene rings is 2.